The zero-order valence-electron chi connectivity index (χ0n) is 17.6. The molecule has 2 N–H and O–H groups in total. The molecule has 170 valence electrons. The van der Waals surface area contributed by atoms with Crippen LogP contribution in [0, 0.1) is 6.92 Å². The Kier molecular flexibility index (Phi) is 6.15. The Bertz CT molecular complexity index is 1130. The highest BCUT2D eigenvalue weighted by Gasteiger charge is 2.36. The van der Waals surface area contributed by atoms with E-state index in [1.807, 2.05) is 19.1 Å². The van der Waals surface area contributed by atoms with E-state index in [2.05, 4.69) is 4.98 Å². The summed E-state index contributed by atoms with van der Waals surface area (Å²) in [5.74, 6) is -0.570. The number of aromatic amines is 1. The predicted molar refractivity (Wildman–Crippen MR) is 113 cm³/mol. The largest absolute Gasteiger partial charge is 0.489 e. The molecule has 0 aliphatic carbocycles. The number of carboxylic acid groups (broad SMARTS) is 1. The summed E-state index contributed by atoms with van der Waals surface area (Å²) in [4.78, 5) is 14.1. The first kappa shape index (κ1) is 22.2. The highest BCUT2D eigenvalue weighted by atomic mass is 19.4. The SMILES string of the molecule is Cc1c(CCC(=O)O)[nH]c2ccc(OCc3ccc(C4CCOC4)c(C(F)(F)F)c3)cc12. The van der Waals surface area contributed by atoms with Crippen LogP contribution in [0.3, 0.4) is 0 Å². The number of alkyl halides is 3. The Morgan fingerprint density at radius 3 is 2.75 bits per heavy atom. The number of halogens is 3. The Labute approximate surface area is 183 Å². The molecule has 5 nitrogen and oxygen atoms in total. The predicted octanol–water partition coefficient (Wildman–Crippen LogP) is 5.60. The minimum Gasteiger partial charge on any atom is -0.489 e. The Hall–Kier alpha value is -3.00. The van der Waals surface area contributed by atoms with Crippen LogP contribution in [-0.2, 0) is 28.7 Å². The molecule has 0 amide bonds. The molecule has 1 atom stereocenters. The molecule has 0 bridgehead atoms. The summed E-state index contributed by atoms with van der Waals surface area (Å²) in [5, 5.41) is 9.80. The molecule has 0 radical (unpaired) electrons. The number of hydrogen-bond acceptors (Lipinski definition) is 3. The van der Waals surface area contributed by atoms with Crippen molar-refractivity contribution in [2.24, 2.45) is 0 Å². The molecule has 8 heteroatoms. The van der Waals surface area contributed by atoms with Crippen molar-refractivity contribution in [1.29, 1.82) is 0 Å². The second-order valence-electron chi connectivity index (χ2n) is 8.10. The van der Waals surface area contributed by atoms with Gasteiger partial charge in [0.25, 0.3) is 0 Å². The summed E-state index contributed by atoms with van der Waals surface area (Å²) in [6, 6.07) is 9.76. The van der Waals surface area contributed by atoms with Gasteiger partial charge in [0, 0.05) is 29.1 Å². The molecular formula is C24H24F3NO4. The van der Waals surface area contributed by atoms with Crippen LogP contribution in [0.4, 0.5) is 13.2 Å². The van der Waals surface area contributed by atoms with Crippen LogP contribution in [0.15, 0.2) is 36.4 Å². The summed E-state index contributed by atoms with van der Waals surface area (Å²) >= 11 is 0. The zero-order valence-corrected chi connectivity index (χ0v) is 17.6. The van der Waals surface area contributed by atoms with Crippen molar-refractivity contribution in [3.63, 3.8) is 0 Å². The van der Waals surface area contributed by atoms with Gasteiger partial charge in [-0.2, -0.15) is 13.2 Å². The molecule has 32 heavy (non-hydrogen) atoms. The lowest BCUT2D eigenvalue weighted by atomic mass is 9.92. The molecule has 1 unspecified atom stereocenters. The summed E-state index contributed by atoms with van der Waals surface area (Å²) in [6.07, 6.45) is -3.43. The van der Waals surface area contributed by atoms with E-state index in [1.54, 1.807) is 12.1 Å². The molecule has 1 aromatic heterocycles. The first-order chi connectivity index (χ1) is 15.2. The van der Waals surface area contributed by atoms with Crippen LogP contribution >= 0.6 is 0 Å². The quantitative estimate of drug-likeness (QED) is 0.495. The summed E-state index contributed by atoms with van der Waals surface area (Å²) in [7, 11) is 0. The fraction of sp³-hybridized carbons (Fsp3) is 0.375. The maximum Gasteiger partial charge on any atom is 0.416 e. The molecule has 1 aliphatic rings. The number of carbonyl (C=O) groups is 1. The van der Waals surface area contributed by atoms with Gasteiger partial charge >= 0.3 is 12.1 Å². The van der Waals surface area contributed by atoms with Crippen molar-refractivity contribution in [1.82, 2.24) is 4.98 Å². The second-order valence-corrected chi connectivity index (χ2v) is 8.10. The number of aryl methyl sites for hydroxylation is 2. The molecule has 4 rings (SSSR count). The number of aliphatic carboxylic acids is 1. The third-order valence-electron chi connectivity index (χ3n) is 5.92. The average Bonchev–Trinajstić information content (AvgIpc) is 3.38. The fourth-order valence-electron chi connectivity index (χ4n) is 4.17. The topological polar surface area (TPSA) is 71.5 Å². The van der Waals surface area contributed by atoms with Gasteiger partial charge in [-0.15, -0.1) is 0 Å². The van der Waals surface area contributed by atoms with Crippen LogP contribution in [0.5, 0.6) is 5.75 Å². The number of rotatable bonds is 7. The van der Waals surface area contributed by atoms with Crippen LogP contribution in [0.2, 0.25) is 0 Å². The number of carboxylic acids is 1. The van der Waals surface area contributed by atoms with Gasteiger partial charge in [-0.25, -0.2) is 0 Å². The Morgan fingerprint density at radius 1 is 1.25 bits per heavy atom. The summed E-state index contributed by atoms with van der Waals surface area (Å²) in [6.45, 7) is 2.70. The Balaban J connectivity index is 1.52. The summed E-state index contributed by atoms with van der Waals surface area (Å²) < 4.78 is 52.0. The van der Waals surface area contributed by atoms with Gasteiger partial charge in [0.2, 0.25) is 0 Å². The van der Waals surface area contributed by atoms with E-state index in [9.17, 15) is 18.0 Å². The zero-order chi connectivity index (χ0) is 22.9. The van der Waals surface area contributed by atoms with Gasteiger partial charge < -0.3 is 19.6 Å². The lowest BCUT2D eigenvalue weighted by molar-refractivity contribution is -0.138. The molecule has 2 heterocycles. The molecule has 1 saturated heterocycles. The lowest BCUT2D eigenvalue weighted by Crippen LogP contribution is -2.13. The van der Waals surface area contributed by atoms with Gasteiger partial charge in [0.1, 0.15) is 12.4 Å². The van der Waals surface area contributed by atoms with Crippen LogP contribution in [0.25, 0.3) is 10.9 Å². The van der Waals surface area contributed by atoms with Gasteiger partial charge in [0.05, 0.1) is 18.6 Å². The van der Waals surface area contributed by atoms with Crippen molar-refractivity contribution < 1.29 is 32.5 Å². The van der Waals surface area contributed by atoms with Crippen molar-refractivity contribution in [3.05, 3.63) is 64.3 Å². The van der Waals surface area contributed by atoms with Gasteiger partial charge in [-0.05, 0) is 60.7 Å². The van der Waals surface area contributed by atoms with E-state index < -0.39 is 17.7 Å². The molecule has 0 saturated carbocycles. The van der Waals surface area contributed by atoms with E-state index >= 15 is 0 Å². The highest BCUT2D eigenvalue weighted by molar-refractivity contribution is 5.86. The van der Waals surface area contributed by atoms with Crippen molar-refractivity contribution in [2.75, 3.05) is 13.2 Å². The molecule has 1 aliphatic heterocycles. The number of ether oxygens (including phenoxy) is 2. The van der Waals surface area contributed by atoms with Crippen LogP contribution in [-0.4, -0.2) is 29.3 Å². The van der Waals surface area contributed by atoms with Crippen molar-refractivity contribution >= 4 is 16.9 Å². The molecule has 0 spiro atoms. The minimum absolute atomic E-state index is 0.00533. The maximum atomic E-state index is 13.7. The van der Waals surface area contributed by atoms with Crippen molar-refractivity contribution in [3.8, 4) is 5.75 Å². The van der Waals surface area contributed by atoms with Crippen molar-refractivity contribution in [2.45, 2.75) is 44.9 Å². The standard InChI is InChI=1S/C24H24F3NO4/c1-14-19-11-17(3-5-22(19)28-21(14)6-7-23(29)30)32-12-15-2-4-18(16-8-9-31-13-16)20(10-15)24(25,26)27/h2-5,10-11,16,28H,6-9,12-13H2,1H3,(H,29,30). The maximum absolute atomic E-state index is 13.7. The van der Waals surface area contributed by atoms with Crippen LogP contribution < -0.4 is 4.74 Å². The van der Waals surface area contributed by atoms with Crippen LogP contribution in [0.1, 0.15) is 46.7 Å². The number of fused-ring (bicyclic) bond motifs is 1. The Morgan fingerprint density at radius 2 is 2.06 bits per heavy atom. The van der Waals surface area contributed by atoms with E-state index in [0.717, 1.165) is 28.2 Å². The van der Waals surface area contributed by atoms with E-state index in [1.165, 1.54) is 6.07 Å². The molecule has 1 fully saturated rings. The fourth-order valence-corrected chi connectivity index (χ4v) is 4.17. The molecule has 3 aromatic rings. The third kappa shape index (κ3) is 4.75. The van der Waals surface area contributed by atoms with E-state index in [0.29, 0.717) is 37.4 Å². The third-order valence-corrected chi connectivity index (χ3v) is 5.92. The average molecular weight is 447 g/mol. The smallest absolute Gasteiger partial charge is 0.416 e. The first-order valence-electron chi connectivity index (χ1n) is 10.5. The monoisotopic (exact) mass is 447 g/mol. The minimum atomic E-state index is -4.44. The number of aromatic nitrogens is 1. The second kappa shape index (κ2) is 8.86. The molecule has 2 aromatic carbocycles. The number of benzene rings is 2. The first-order valence-corrected chi connectivity index (χ1v) is 10.5. The number of hydrogen-bond donors (Lipinski definition) is 2. The van der Waals surface area contributed by atoms with Gasteiger partial charge in [-0.1, -0.05) is 12.1 Å². The van der Waals surface area contributed by atoms with Gasteiger partial charge in [0.15, 0.2) is 0 Å². The number of nitrogens with one attached hydrogen (secondary N) is 1. The number of H-pyrrole nitrogens is 1. The van der Waals surface area contributed by atoms with Gasteiger partial charge in [-0.3, -0.25) is 4.79 Å². The van der Waals surface area contributed by atoms with E-state index in [4.69, 9.17) is 14.6 Å². The van der Waals surface area contributed by atoms with E-state index in [-0.39, 0.29) is 24.5 Å². The highest BCUT2D eigenvalue weighted by Crippen LogP contribution is 2.38. The lowest BCUT2D eigenvalue weighted by Gasteiger charge is -2.18. The molecular weight excluding hydrogens is 423 g/mol. The normalized spacial score (nSPS) is 16.6. The summed E-state index contributed by atoms with van der Waals surface area (Å²) in [5.41, 5.74) is 2.73.